The largest absolute Gasteiger partial charge is 0.497 e. The van der Waals surface area contributed by atoms with Crippen LogP contribution in [-0.2, 0) is 0 Å². The third-order valence-electron chi connectivity index (χ3n) is 3.25. The number of methoxy groups -OCH3 is 1. The highest BCUT2D eigenvalue weighted by atomic mass is 79.9. The van der Waals surface area contributed by atoms with Crippen LogP contribution >= 0.6 is 27.5 Å². The molecular weight excluding hydrogens is 354 g/mol. The molecule has 0 saturated heterocycles. The lowest BCUT2D eigenvalue weighted by molar-refractivity contribution is 0.412. The predicted octanol–water partition coefficient (Wildman–Crippen LogP) is 5.18. The van der Waals surface area contributed by atoms with Crippen molar-refractivity contribution in [2.45, 2.75) is 13.0 Å². The summed E-state index contributed by atoms with van der Waals surface area (Å²) in [5.74, 6) is 2.07. The highest BCUT2D eigenvalue weighted by Gasteiger charge is 2.10. The first-order chi connectivity index (χ1) is 10.0. The summed E-state index contributed by atoms with van der Waals surface area (Å²) in [4.78, 5) is 0. The van der Waals surface area contributed by atoms with Gasteiger partial charge in [-0.15, -0.1) is 0 Å². The molecule has 0 fully saturated rings. The summed E-state index contributed by atoms with van der Waals surface area (Å²) in [5.41, 5.74) is 1.11. The van der Waals surface area contributed by atoms with Gasteiger partial charge in [-0.2, -0.15) is 0 Å². The molecule has 2 aromatic carbocycles. The van der Waals surface area contributed by atoms with Crippen LogP contribution in [0.1, 0.15) is 18.5 Å². The lowest BCUT2D eigenvalue weighted by atomic mass is 10.1. The fourth-order valence-electron chi connectivity index (χ4n) is 1.85. The Hall–Kier alpha value is -1.23. The molecule has 112 valence electrons. The second kappa shape index (κ2) is 7.16. The van der Waals surface area contributed by atoms with Crippen molar-refractivity contribution in [3.8, 4) is 17.2 Å². The minimum absolute atomic E-state index is 0.240. The molecule has 0 aliphatic rings. The van der Waals surface area contributed by atoms with Gasteiger partial charge >= 0.3 is 0 Å². The van der Waals surface area contributed by atoms with Crippen LogP contribution in [0, 0.1) is 0 Å². The Labute approximate surface area is 138 Å². The Kier molecular flexibility index (Phi) is 5.51. The van der Waals surface area contributed by atoms with Crippen molar-refractivity contribution >= 4 is 27.5 Å². The Balaban J connectivity index is 2.24. The van der Waals surface area contributed by atoms with Gasteiger partial charge in [-0.1, -0.05) is 17.7 Å². The summed E-state index contributed by atoms with van der Waals surface area (Å²) in [7, 11) is 3.54. The number of nitrogens with one attached hydrogen (secondary N) is 1. The molecule has 0 saturated carbocycles. The first-order valence-electron chi connectivity index (χ1n) is 6.53. The summed E-state index contributed by atoms with van der Waals surface area (Å²) in [6, 6.07) is 11.6. The first kappa shape index (κ1) is 16.1. The lowest BCUT2D eigenvalue weighted by Crippen LogP contribution is -2.12. The monoisotopic (exact) mass is 369 g/mol. The molecule has 2 aromatic rings. The third-order valence-corrected chi connectivity index (χ3v) is 4.16. The number of hydrogen-bond acceptors (Lipinski definition) is 3. The second-order valence-corrected chi connectivity index (χ2v) is 5.86. The highest BCUT2D eigenvalue weighted by Crippen LogP contribution is 2.36. The van der Waals surface area contributed by atoms with E-state index in [9.17, 15) is 0 Å². The summed E-state index contributed by atoms with van der Waals surface area (Å²) in [5, 5.41) is 3.76. The van der Waals surface area contributed by atoms with Crippen LogP contribution in [0.2, 0.25) is 5.02 Å². The highest BCUT2D eigenvalue weighted by molar-refractivity contribution is 9.10. The summed E-state index contributed by atoms with van der Waals surface area (Å²) in [6.45, 7) is 2.08. The average Bonchev–Trinajstić information content (AvgIpc) is 2.50. The van der Waals surface area contributed by atoms with Gasteiger partial charge in [0, 0.05) is 6.04 Å². The molecule has 0 radical (unpaired) electrons. The van der Waals surface area contributed by atoms with Gasteiger partial charge in [-0.25, -0.2) is 0 Å². The minimum atomic E-state index is 0.240. The van der Waals surface area contributed by atoms with Crippen molar-refractivity contribution in [3.63, 3.8) is 0 Å². The molecule has 2 rings (SSSR count). The van der Waals surface area contributed by atoms with E-state index in [1.54, 1.807) is 7.11 Å². The molecule has 1 unspecified atom stereocenters. The molecule has 21 heavy (non-hydrogen) atoms. The number of rotatable bonds is 5. The first-order valence-corrected chi connectivity index (χ1v) is 7.70. The maximum Gasteiger partial charge on any atom is 0.146 e. The molecule has 1 atom stereocenters. The lowest BCUT2D eigenvalue weighted by Gasteiger charge is -2.14. The Morgan fingerprint density at radius 2 is 1.86 bits per heavy atom. The van der Waals surface area contributed by atoms with Crippen LogP contribution in [0.4, 0.5) is 0 Å². The molecule has 0 heterocycles. The summed E-state index contributed by atoms with van der Waals surface area (Å²) in [6.07, 6.45) is 0. The quantitative estimate of drug-likeness (QED) is 0.786. The van der Waals surface area contributed by atoms with Crippen molar-refractivity contribution in [2.75, 3.05) is 14.2 Å². The van der Waals surface area contributed by atoms with E-state index in [4.69, 9.17) is 21.1 Å². The standard InChI is InChI=1S/C16H17BrClNO2/c1-10(19-2)11-4-6-16(14(18)8-11)21-15-7-5-12(20-3)9-13(15)17/h4-10,19H,1-3H3. The summed E-state index contributed by atoms with van der Waals surface area (Å²) < 4.78 is 11.8. The fraction of sp³-hybridized carbons (Fsp3) is 0.250. The van der Waals surface area contributed by atoms with E-state index in [0.717, 1.165) is 15.8 Å². The topological polar surface area (TPSA) is 30.5 Å². The number of ether oxygens (including phenoxy) is 2. The molecule has 3 nitrogen and oxygen atoms in total. The molecule has 0 bridgehead atoms. The van der Waals surface area contributed by atoms with Crippen LogP contribution in [-0.4, -0.2) is 14.2 Å². The van der Waals surface area contributed by atoms with Crippen LogP contribution in [0.5, 0.6) is 17.2 Å². The number of hydrogen-bond donors (Lipinski definition) is 1. The van der Waals surface area contributed by atoms with Crippen molar-refractivity contribution < 1.29 is 9.47 Å². The van der Waals surface area contributed by atoms with Gasteiger partial charge in [0.05, 0.1) is 16.6 Å². The van der Waals surface area contributed by atoms with Crippen molar-refractivity contribution in [1.82, 2.24) is 5.32 Å². The van der Waals surface area contributed by atoms with Gasteiger partial charge in [0.1, 0.15) is 17.2 Å². The Bertz CT molecular complexity index is 634. The van der Waals surface area contributed by atoms with E-state index >= 15 is 0 Å². The van der Waals surface area contributed by atoms with Crippen LogP contribution in [0.25, 0.3) is 0 Å². The fourth-order valence-corrected chi connectivity index (χ4v) is 2.51. The van der Waals surface area contributed by atoms with Crippen molar-refractivity contribution in [3.05, 3.63) is 51.5 Å². The van der Waals surface area contributed by atoms with Gasteiger partial charge in [-0.3, -0.25) is 0 Å². The zero-order chi connectivity index (χ0) is 15.4. The van der Waals surface area contributed by atoms with Gasteiger partial charge in [0.2, 0.25) is 0 Å². The maximum absolute atomic E-state index is 6.30. The molecule has 5 heteroatoms. The maximum atomic E-state index is 6.30. The predicted molar refractivity (Wildman–Crippen MR) is 89.7 cm³/mol. The zero-order valence-corrected chi connectivity index (χ0v) is 14.5. The molecule has 0 aliphatic heterocycles. The smallest absolute Gasteiger partial charge is 0.146 e. The van der Waals surface area contributed by atoms with Gasteiger partial charge < -0.3 is 14.8 Å². The Morgan fingerprint density at radius 3 is 2.43 bits per heavy atom. The van der Waals surface area contributed by atoms with E-state index in [0.29, 0.717) is 16.5 Å². The van der Waals surface area contributed by atoms with Crippen molar-refractivity contribution in [1.29, 1.82) is 0 Å². The Morgan fingerprint density at radius 1 is 1.14 bits per heavy atom. The number of benzene rings is 2. The average molecular weight is 371 g/mol. The molecule has 0 aliphatic carbocycles. The van der Waals surface area contributed by atoms with E-state index in [2.05, 4.69) is 28.2 Å². The molecule has 0 aromatic heterocycles. The van der Waals surface area contributed by atoms with Crippen LogP contribution < -0.4 is 14.8 Å². The molecular formula is C16H17BrClNO2. The van der Waals surface area contributed by atoms with E-state index in [-0.39, 0.29) is 6.04 Å². The third kappa shape index (κ3) is 3.90. The zero-order valence-electron chi connectivity index (χ0n) is 12.1. The van der Waals surface area contributed by atoms with Crippen molar-refractivity contribution in [2.24, 2.45) is 0 Å². The number of halogens is 2. The van der Waals surface area contributed by atoms with Crippen LogP contribution in [0.3, 0.4) is 0 Å². The molecule has 0 spiro atoms. The van der Waals surface area contributed by atoms with Gasteiger partial charge in [-0.05, 0) is 65.8 Å². The van der Waals surface area contributed by atoms with E-state index in [1.807, 2.05) is 43.4 Å². The van der Waals surface area contributed by atoms with Gasteiger partial charge in [0.15, 0.2) is 0 Å². The normalized spacial score (nSPS) is 12.0. The SMILES string of the molecule is CNC(C)c1ccc(Oc2ccc(OC)cc2Br)c(Cl)c1. The van der Waals surface area contributed by atoms with Gasteiger partial charge in [0.25, 0.3) is 0 Å². The second-order valence-electron chi connectivity index (χ2n) is 4.60. The minimum Gasteiger partial charge on any atom is -0.497 e. The molecule has 1 N–H and O–H groups in total. The van der Waals surface area contributed by atoms with E-state index in [1.165, 1.54) is 0 Å². The summed E-state index contributed by atoms with van der Waals surface area (Å²) >= 11 is 9.76. The van der Waals surface area contributed by atoms with E-state index < -0.39 is 0 Å². The van der Waals surface area contributed by atoms with Crippen LogP contribution in [0.15, 0.2) is 40.9 Å². The molecule has 0 amide bonds.